The molecule has 0 fully saturated rings. The van der Waals surface area contributed by atoms with Gasteiger partial charge in [-0.2, -0.15) is 0 Å². The molecular weight excluding hydrogens is 821 g/mol. The Labute approximate surface area is 374 Å². The highest BCUT2D eigenvalue weighted by Gasteiger charge is 2.23. The Kier molecular flexibility index (Phi) is 31.9. The number of benzene rings is 2. The number of ether oxygens (including phenoxy) is 14. The smallest absolute Gasteiger partial charge is 0.333 e. The largest absolute Gasteiger partial charge is 0.491 e. The molecule has 0 N–H and O–H groups in total. The van der Waals surface area contributed by atoms with Gasteiger partial charge in [0.2, 0.25) is 0 Å². The summed E-state index contributed by atoms with van der Waals surface area (Å²) in [7, 11) is 0. The van der Waals surface area contributed by atoms with Gasteiger partial charge in [0.15, 0.2) is 0 Å². The van der Waals surface area contributed by atoms with Gasteiger partial charge in [-0.1, -0.05) is 51.3 Å². The Bertz CT molecular complexity index is 1370. The fourth-order valence-corrected chi connectivity index (χ4v) is 5.14. The van der Waals surface area contributed by atoms with Crippen molar-refractivity contribution in [3.05, 3.63) is 84.0 Å². The van der Waals surface area contributed by atoms with Crippen LogP contribution in [-0.4, -0.2) is 171 Å². The molecule has 0 saturated heterocycles. The zero-order chi connectivity index (χ0) is 45.6. The topological polar surface area (TPSA) is 163 Å². The minimum Gasteiger partial charge on any atom is -0.491 e. The van der Waals surface area contributed by atoms with Crippen molar-refractivity contribution in [2.75, 3.05) is 159 Å². The van der Waals surface area contributed by atoms with Crippen LogP contribution < -0.4 is 9.47 Å². The van der Waals surface area contributed by atoms with Crippen LogP contribution in [0.3, 0.4) is 0 Å². The molecule has 2 rings (SSSR count). The van der Waals surface area contributed by atoms with Gasteiger partial charge < -0.3 is 66.3 Å². The number of rotatable bonds is 42. The number of carbonyl (C=O) groups excluding carboxylic acids is 2. The lowest BCUT2D eigenvalue weighted by Crippen LogP contribution is -2.19. The van der Waals surface area contributed by atoms with Gasteiger partial charge in [-0.05, 0) is 49.2 Å². The van der Waals surface area contributed by atoms with E-state index in [9.17, 15) is 9.59 Å². The molecule has 356 valence electrons. The van der Waals surface area contributed by atoms with Crippen LogP contribution in [0.5, 0.6) is 11.5 Å². The molecule has 0 radical (unpaired) electrons. The Balaban J connectivity index is 1.39. The van der Waals surface area contributed by atoms with E-state index in [4.69, 9.17) is 66.3 Å². The molecule has 63 heavy (non-hydrogen) atoms. The summed E-state index contributed by atoms with van der Waals surface area (Å²) in [5.41, 5.74) is 2.85. The minimum absolute atomic E-state index is 0.191. The molecule has 0 unspecified atom stereocenters. The van der Waals surface area contributed by atoms with Crippen LogP contribution in [-0.2, 0) is 71.8 Å². The second kappa shape index (κ2) is 36.4. The first-order chi connectivity index (χ1) is 30.6. The van der Waals surface area contributed by atoms with Crippen LogP contribution in [0.4, 0.5) is 0 Å². The maximum absolute atomic E-state index is 11.3. The lowest BCUT2D eigenvalue weighted by atomic mass is 9.78. The first-order valence-electron chi connectivity index (χ1n) is 21.5. The molecule has 0 atom stereocenters. The summed E-state index contributed by atoms with van der Waals surface area (Å²) < 4.78 is 76.5. The van der Waals surface area contributed by atoms with Crippen molar-refractivity contribution in [2.24, 2.45) is 0 Å². The maximum atomic E-state index is 11.3. The van der Waals surface area contributed by atoms with Crippen LogP contribution in [0.15, 0.2) is 72.8 Å². The van der Waals surface area contributed by atoms with Crippen molar-refractivity contribution in [2.45, 2.75) is 33.1 Å². The predicted molar refractivity (Wildman–Crippen MR) is 236 cm³/mol. The molecule has 0 aromatic heterocycles. The molecule has 0 amide bonds. The lowest BCUT2D eigenvalue weighted by molar-refractivity contribution is -0.141. The number of hydrogen-bond acceptors (Lipinski definition) is 16. The summed E-state index contributed by atoms with van der Waals surface area (Å²) in [6.45, 7) is 24.7. The standard InChI is InChI=1S/C47H72O16/c1-39(2)45(48)62-37-33-58-29-25-54-21-17-50-15-19-52-23-27-56-31-35-60-43-11-7-41(8-12-43)47(5,6)42-9-13-44(14-10-42)61-36-32-57-28-24-53-20-16-51-18-22-55-26-30-59-34-38-63-46(49)40(3)4/h7-14H,1,3,15-38H2,2,4-6H3. The minimum atomic E-state index is -0.418. The summed E-state index contributed by atoms with van der Waals surface area (Å²) in [5, 5.41) is 0. The Morgan fingerprint density at radius 3 is 0.794 bits per heavy atom. The molecule has 0 spiro atoms. The molecule has 2 aromatic carbocycles. The molecule has 0 aliphatic rings. The van der Waals surface area contributed by atoms with Crippen LogP contribution in [0.2, 0.25) is 0 Å². The van der Waals surface area contributed by atoms with Crippen molar-refractivity contribution in [1.82, 2.24) is 0 Å². The zero-order valence-corrected chi connectivity index (χ0v) is 38.0. The third kappa shape index (κ3) is 28.5. The van der Waals surface area contributed by atoms with E-state index in [0.29, 0.717) is 156 Å². The van der Waals surface area contributed by atoms with Crippen LogP contribution >= 0.6 is 0 Å². The van der Waals surface area contributed by atoms with Crippen LogP contribution in [0, 0.1) is 0 Å². The van der Waals surface area contributed by atoms with Crippen molar-refractivity contribution in [3.63, 3.8) is 0 Å². The highest BCUT2D eigenvalue weighted by atomic mass is 16.6. The predicted octanol–water partition coefficient (Wildman–Crippen LogP) is 5.17. The van der Waals surface area contributed by atoms with E-state index in [1.54, 1.807) is 13.8 Å². The van der Waals surface area contributed by atoms with Gasteiger partial charge in [-0.15, -0.1) is 0 Å². The summed E-state index contributed by atoms with van der Waals surface area (Å²) in [6, 6.07) is 16.3. The summed E-state index contributed by atoms with van der Waals surface area (Å²) in [5.74, 6) is 0.733. The van der Waals surface area contributed by atoms with Crippen molar-refractivity contribution in [1.29, 1.82) is 0 Å². The van der Waals surface area contributed by atoms with Gasteiger partial charge in [0, 0.05) is 16.6 Å². The molecule has 0 bridgehead atoms. The zero-order valence-electron chi connectivity index (χ0n) is 38.0. The number of carbonyl (C=O) groups is 2. The molecule has 16 nitrogen and oxygen atoms in total. The van der Waals surface area contributed by atoms with E-state index in [1.165, 1.54) is 11.1 Å². The maximum Gasteiger partial charge on any atom is 0.333 e. The Morgan fingerprint density at radius 1 is 0.365 bits per heavy atom. The van der Waals surface area contributed by atoms with Crippen molar-refractivity contribution in [3.8, 4) is 11.5 Å². The van der Waals surface area contributed by atoms with Gasteiger partial charge in [0.05, 0.1) is 132 Å². The average molecular weight is 893 g/mol. The fourth-order valence-electron chi connectivity index (χ4n) is 5.14. The third-order valence-electron chi connectivity index (χ3n) is 8.74. The summed E-state index contributed by atoms with van der Waals surface area (Å²) >= 11 is 0. The van der Waals surface area contributed by atoms with E-state index in [0.717, 1.165) is 11.5 Å². The number of hydrogen-bond donors (Lipinski definition) is 0. The second-order valence-corrected chi connectivity index (χ2v) is 14.3. The monoisotopic (exact) mass is 892 g/mol. The molecule has 0 aliphatic carbocycles. The Hall–Kier alpha value is -3.94. The lowest BCUT2D eigenvalue weighted by Gasteiger charge is -2.26. The highest BCUT2D eigenvalue weighted by Crippen LogP contribution is 2.33. The first-order valence-corrected chi connectivity index (χ1v) is 21.5. The normalized spacial score (nSPS) is 11.4. The molecular formula is C47H72O16. The Morgan fingerprint density at radius 2 is 0.571 bits per heavy atom. The van der Waals surface area contributed by atoms with Gasteiger partial charge in [-0.3, -0.25) is 0 Å². The van der Waals surface area contributed by atoms with Crippen LogP contribution in [0.1, 0.15) is 38.8 Å². The first kappa shape index (κ1) is 55.2. The van der Waals surface area contributed by atoms with E-state index in [2.05, 4.69) is 51.3 Å². The van der Waals surface area contributed by atoms with Gasteiger partial charge >= 0.3 is 11.9 Å². The van der Waals surface area contributed by atoms with Gasteiger partial charge in [-0.25, -0.2) is 9.59 Å². The average Bonchev–Trinajstić information content (AvgIpc) is 3.28. The molecule has 0 aliphatic heterocycles. The quantitative estimate of drug-likeness (QED) is 0.0487. The van der Waals surface area contributed by atoms with Gasteiger partial charge in [0.1, 0.15) is 37.9 Å². The summed E-state index contributed by atoms with van der Waals surface area (Å²) in [4.78, 5) is 22.5. The SMILES string of the molecule is C=C(C)C(=O)OCCOCCOCCOCCOCCOCCOc1ccc(C(C)(C)c2ccc(OCCOCCOCCOCCOCCOCCOC(=O)C(=C)C)cc2)cc1. The molecule has 0 saturated carbocycles. The molecule has 2 aromatic rings. The highest BCUT2D eigenvalue weighted by molar-refractivity contribution is 5.87. The number of esters is 2. The van der Waals surface area contributed by atoms with E-state index in [-0.39, 0.29) is 18.6 Å². The third-order valence-corrected chi connectivity index (χ3v) is 8.74. The molecule has 0 heterocycles. The summed E-state index contributed by atoms with van der Waals surface area (Å²) in [6.07, 6.45) is 0. The van der Waals surface area contributed by atoms with Crippen molar-refractivity contribution < 1.29 is 75.9 Å². The van der Waals surface area contributed by atoms with Crippen molar-refractivity contribution >= 4 is 11.9 Å². The fraction of sp³-hybridized carbons (Fsp3) is 0.617. The molecule has 16 heteroatoms. The van der Waals surface area contributed by atoms with E-state index >= 15 is 0 Å². The van der Waals surface area contributed by atoms with Gasteiger partial charge in [0.25, 0.3) is 0 Å². The van der Waals surface area contributed by atoms with E-state index in [1.807, 2.05) is 24.3 Å². The van der Waals surface area contributed by atoms with E-state index < -0.39 is 11.9 Å². The second-order valence-electron chi connectivity index (χ2n) is 14.3. The van der Waals surface area contributed by atoms with Crippen LogP contribution in [0.25, 0.3) is 0 Å².